The third-order valence-corrected chi connectivity index (χ3v) is 3.86. The maximum atomic E-state index is 11.3. The van der Waals surface area contributed by atoms with Crippen LogP contribution in [0.1, 0.15) is 13.3 Å². The average Bonchev–Trinajstić information content (AvgIpc) is 2.66. The Hall–Kier alpha value is -0.960. The van der Waals surface area contributed by atoms with Gasteiger partial charge in [-0.15, -0.1) is 0 Å². The third-order valence-electron chi connectivity index (χ3n) is 1.80. The van der Waals surface area contributed by atoms with Crippen LogP contribution in [0.2, 0.25) is 0 Å². The minimum Gasteiger partial charge on any atom is -0.449 e. The summed E-state index contributed by atoms with van der Waals surface area (Å²) in [6.45, 7) is 8.98. The van der Waals surface area contributed by atoms with E-state index in [2.05, 4.69) is 24.3 Å². The zero-order valence-electron chi connectivity index (χ0n) is 8.27. The largest absolute Gasteiger partial charge is 0.449 e. The summed E-state index contributed by atoms with van der Waals surface area (Å²) in [6, 6.07) is 0. The summed E-state index contributed by atoms with van der Waals surface area (Å²) in [4.78, 5) is 11.3. The molecule has 1 unspecified atom stereocenters. The molecule has 1 radical (unpaired) electrons. The number of thiol groups is 1. The van der Waals surface area contributed by atoms with Crippen LogP contribution >= 0.6 is 10.9 Å². The van der Waals surface area contributed by atoms with Crippen LogP contribution in [-0.2, 0) is 9.53 Å². The van der Waals surface area contributed by atoms with E-state index in [1.807, 2.05) is 12.2 Å². The molecule has 0 saturated carbocycles. The molecule has 1 aliphatic heterocycles. The van der Waals surface area contributed by atoms with Gasteiger partial charge in [-0.1, -0.05) is 18.7 Å². The van der Waals surface area contributed by atoms with Crippen LogP contribution in [0.15, 0.2) is 35.1 Å². The highest BCUT2D eigenvalue weighted by molar-refractivity contribution is 8.22. The molecule has 14 heavy (non-hydrogen) atoms. The molecule has 0 aromatic rings. The van der Waals surface area contributed by atoms with Gasteiger partial charge >= 0.3 is 5.97 Å². The summed E-state index contributed by atoms with van der Waals surface area (Å²) in [6.07, 6.45) is 4.55. The fraction of sp³-hybridized carbons (Fsp3) is 0.273. The van der Waals surface area contributed by atoms with Gasteiger partial charge in [0.05, 0.1) is 0 Å². The predicted octanol–water partition coefficient (Wildman–Crippen LogP) is 2.70. The zero-order chi connectivity index (χ0) is 10.6. The summed E-state index contributed by atoms with van der Waals surface area (Å²) in [5, 5.41) is 4.13. The summed E-state index contributed by atoms with van der Waals surface area (Å²) in [5.41, 5.74) is 0.329. The number of carbonyl (C=O) groups excluding carboxylic acids is 1. The minimum atomic E-state index is -0.474. The van der Waals surface area contributed by atoms with Crippen molar-refractivity contribution in [3.63, 3.8) is 0 Å². The Bertz CT molecular complexity index is 280. The lowest BCUT2D eigenvalue weighted by molar-refractivity contribution is -0.140. The Morgan fingerprint density at radius 3 is 2.50 bits per heavy atom. The van der Waals surface area contributed by atoms with E-state index in [1.54, 1.807) is 6.92 Å². The Morgan fingerprint density at radius 2 is 2.07 bits per heavy atom. The third kappa shape index (κ3) is 2.77. The zero-order valence-corrected chi connectivity index (χ0v) is 9.17. The van der Waals surface area contributed by atoms with Crippen LogP contribution in [0.3, 0.4) is 0 Å². The van der Waals surface area contributed by atoms with Gasteiger partial charge in [-0.25, -0.2) is 4.79 Å². The van der Waals surface area contributed by atoms with Gasteiger partial charge in [-0.2, -0.15) is 10.9 Å². The quantitative estimate of drug-likeness (QED) is 0.439. The van der Waals surface area contributed by atoms with E-state index in [1.165, 1.54) is 0 Å². The van der Waals surface area contributed by atoms with Crippen molar-refractivity contribution < 1.29 is 9.53 Å². The van der Waals surface area contributed by atoms with Gasteiger partial charge in [-0.3, -0.25) is 0 Å². The van der Waals surface area contributed by atoms with Crippen molar-refractivity contribution in [1.29, 1.82) is 0 Å². The van der Waals surface area contributed by atoms with Crippen molar-refractivity contribution >= 4 is 16.9 Å². The van der Waals surface area contributed by atoms with Crippen LogP contribution in [0.5, 0.6) is 0 Å². The molecule has 2 nitrogen and oxygen atoms in total. The number of carbonyl (C=O) groups is 1. The molecule has 0 aromatic carbocycles. The van der Waals surface area contributed by atoms with Crippen LogP contribution in [0.25, 0.3) is 0 Å². The second-order valence-electron chi connectivity index (χ2n) is 3.06. The lowest BCUT2D eigenvalue weighted by Gasteiger charge is -2.22. The lowest BCUT2D eigenvalue weighted by Crippen LogP contribution is -2.16. The predicted molar refractivity (Wildman–Crippen MR) is 61.9 cm³/mol. The number of hydrogen-bond acceptors (Lipinski definition) is 2. The normalized spacial score (nSPS) is 18.3. The van der Waals surface area contributed by atoms with E-state index < -0.39 is 10.9 Å². The van der Waals surface area contributed by atoms with Crippen molar-refractivity contribution in [3.8, 4) is 0 Å². The maximum absolute atomic E-state index is 11.3. The van der Waals surface area contributed by atoms with E-state index in [0.29, 0.717) is 12.0 Å². The number of esters is 1. The van der Waals surface area contributed by atoms with E-state index in [9.17, 15) is 4.79 Å². The molecule has 0 aliphatic carbocycles. The molecular formula is C11H15O2S. The van der Waals surface area contributed by atoms with Crippen molar-refractivity contribution in [2.45, 2.75) is 18.8 Å². The molecular weight excluding hydrogens is 196 g/mol. The fourth-order valence-electron chi connectivity index (χ4n) is 1.03. The van der Waals surface area contributed by atoms with Gasteiger partial charge in [0, 0.05) is 5.57 Å². The first-order chi connectivity index (χ1) is 6.65. The molecule has 1 atom stereocenters. The SMILES string of the molecule is [CH2]CC(OC(=O)C(=C)C)[SH]1C=CC=C1. The van der Waals surface area contributed by atoms with Gasteiger partial charge in [-0.05, 0) is 31.1 Å². The molecule has 3 heteroatoms. The van der Waals surface area contributed by atoms with Crippen LogP contribution < -0.4 is 0 Å². The standard InChI is InChI=1S/C11H15O2S/c1-4-10(13-11(12)9(2)3)14-7-5-6-8-14/h5-8,10,14H,1-2,4H2,3H3. The van der Waals surface area contributed by atoms with Crippen molar-refractivity contribution in [2.75, 3.05) is 0 Å². The van der Waals surface area contributed by atoms with Crippen LogP contribution in [0.4, 0.5) is 0 Å². The second-order valence-corrected chi connectivity index (χ2v) is 5.13. The molecule has 1 rings (SSSR count). The molecule has 0 spiro atoms. The highest BCUT2D eigenvalue weighted by atomic mass is 32.2. The average molecular weight is 211 g/mol. The Balaban J connectivity index is 2.55. The highest BCUT2D eigenvalue weighted by Gasteiger charge is 2.18. The van der Waals surface area contributed by atoms with Crippen LogP contribution in [0, 0.1) is 6.92 Å². The Morgan fingerprint density at radius 1 is 1.50 bits per heavy atom. The van der Waals surface area contributed by atoms with Crippen molar-refractivity contribution in [2.24, 2.45) is 0 Å². The van der Waals surface area contributed by atoms with Gasteiger partial charge < -0.3 is 4.74 Å². The molecule has 0 aromatic heterocycles. The summed E-state index contributed by atoms with van der Waals surface area (Å²) < 4.78 is 5.27. The smallest absolute Gasteiger partial charge is 0.334 e. The Kier molecular flexibility index (Phi) is 4.01. The monoisotopic (exact) mass is 211 g/mol. The van der Waals surface area contributed by atoms with E-state index >= 15 is 0 Å². The van der Waals surface area contributed by atoms with Gasteiger partial charge in [0.2, 0.25) is 0 Å². The first kappa shape index (κ1) is 11.1. The number of ether oxygens (including phenoxy) is 1. The van der Waals surface area contributed by atoms with Gasteiger partial charge in [0.15, 0.2) is 0 Å². The number of allylic oxidation sites excluding steroid dienone is 2. The first-order valence-corrected chi connectivity index (χ1v) is 5.98. The van der Waals surface area contributed by atoms with Gasteiger partial charge in [0.1, 0.15) is 5.44 Å². The molecule has 1 heterocycles. The van der Waals surface area contributed by atoms with E-state index in [-0.39, 0.29) is 11.4 Å². The molecule has 0 fully saturated rings. The summed E-state index contributed by atoms with van der Waals surface area (Å²) >= 11 is 0. The fourth-order valence-corrected chi connectivity index (χ4v) is 2.63. The minimum absolute atomic E-state index is 0.107. The molecule has 1 aliphatic rings. The first-order valence-electron chi connectivity index (χ1n) is 4.43. The molecule has 0 N–H and O–H groups in total. The Labute approximate surface area is 87.7 Å². The van der Waals surface area contributed by atoms with Crippen molar-refractivity contribution in [1.82, 2.24) is 0 Å². The highest BCUT2D eigenvalue weighted by Crippen LogP contribution is 2.40. The van der Waals surface area contributed by atoms with E-state index in [4.69, 9.17) is 4.74 Å². The summed E-state index contributed by atoms with van der Waals surface area (Å²) in [7, 11) is -0.474. The van der Waals surface area contributed by atoms with Gasteiger partial charge in [0.25, 0.3) is 0 Å². The van der Waals surface area contributed by atoms with Crippen LogP contribution in [-0.4, -0.2) is 11.4 Å². The van der Waals surface area contributed by atoms with Crippen molar-refractivity contribution in [3.05, 3.63) is 42.0 Å². The number of rotatable bonds is 4. The summed E-state index contributed by atoms with van der Waals surface area (Å²) in [5.74, 6) is -0.324. The lowest BCUT2D eigenvalue weighted by atomic mass is 10.4. The topological polar surface area (TPSA) is 26.3 Å². The molecule has 77 valence electrons. The van der Waals surface area contributed by atoms with E-state index in [0.717, 1.165) is 0 Å². The second kappa shape index (κ2) is 5.05. The maximum Gasteiger partial charge on any atom is 0.334 e. The number of hydrogen-bond donors (Lipinski definition) is 1. The molecule has 0 bridgehead atoms. The molecule has 0 saturated heterocycles. The molecule has 0 amide bonds.